The van der Waals surface area contributed by atoms with Gasteiger partial charge < -0.3 is 20.1 Å². The fourth-order valence-corrected chi connectivity index (χ4v) is 2.14. The normalized spacial score (nSPS) is 30.8. The van der Waals surface area contributed by atoms with Crippen LogP contribution in [0.3, 0.4) is 0 Å². The first kappa shape index (κ1) is 13.9. The summed E-state index contributed by atoms with van der Waals surface area (Å²) < 4.78 is 7.18. The molecule has 8 heteroatoms. The number of hydrogen-bond donors (Lipinski definition) is 3. The van der Waals surface area contributed by atoms with Crippen molar-refractivity contribution in [2.75, 3.05) is 6.61 Å². The summed E-state index contributed by atoms with van der Waals surface area (Å²) in [4.78, 5) is 23.5. The van der Waals surface area contributed by atoms with E-state index in [1.165, 1.54) is 20.2 Å². The maximum absolute atomic E-state index is 12.0. The zero-order chi connectivity index (χ0) is 14.3. The van der Waals surface area contributed by atoms with Crippen molar-refractivity contribution in [2.24, 2.45) is 7.05 Å². The molecule has 2 heterocycles. The predicted octanol–water partition coefficient (Wildman–Crippen LogP) is -2.53. The van der Waals surface area contributed by atoms with Crippen molar-refractivity contribution >= 4 is 0 Å². The third kappa shape index (κ3) is 2.12. The number of rotatable bonds is 2. The van der Waals surface area contributed by atoms with Crippen molar-refractivity contribution in [3.63, 3.8) is 0 Å². The van der Waals surface area contributed by atoms with E-state index in [9.17, 15) is 19.8 Å². The molecule has 1 aliphatic rings. The minimum absolute atomic E-state index is 0.305. The first-order valence-electron chi connectivity index (χ1n) is 5.79. The van der Waals surface area contributed by atoms with Gasteiger partial charge in [-0.15, -0.1) is 0 Å². The molecule has 106 valence electrons. The summed E-state index contributed by atoms with van der Waals surface area (Å²) in [6.45, 7) is 1.05. The zero-order valence-electron chi connectivity index (χ0n) is 10.6. The van der Waals surface area contributed by atoms with Crippen LogP contribution in [0.1, 0.15) is 11.8 Å². The van der Waals surface area contributed by atoms with E-state index >= 15 is 0 Å². The molecule has 0 spiro atoms. The fourth-order valence-electron chi connectivity index (χ4n) is 2.14. The standard InChI is InChI=1S/C11H16N2O6/c1-5-3-13(11(18)12(2)9(5)17)10-8(16)7(15)6(4-14)19-10/h3,6-8,10,14-16H,4H2,1-2H3/t6-,7-,8-,10-/m1/s1. The van der Waals surface area contributed by atoms with Gasteiger partial charge in [0.25, 0.3) is 5.56 Å². The van der Waals surface area contributed by atoms with Crippen LogP contribution in [0, 0.1) is 6.92 Å². The summed E-state index contributed by atoms with van der Waals surface area (Å²) in [5.41, 5.74) is -0.793. The Morgan fingerprint density at radius 1 is 1.32 bits per heavy atom. The second kappa shape index (κ2) is 4.89. The van der Waals surface area contributed by atoms with E-state index in [2.05, 4.69) is 0 Å². The predicted molar refractivity (Wildman–Crippen MR) is 63.7 cm³/mol. The summed E-state index contributed by atoms with van der Waals surface area (Å²) in [5.74, 6) is 0. The van der Waals surface area contributed by atoms with Gasteiger partial charge in [0.1, 0.15) is 18.3 Å². The highest BCUT2D eigenvalue weighted by Crippen LogP contribution is 2.27. The number of hydrogen-bond acceptors (Lipinski definition) is 6. The van der Waals surface area contributed by atoms with Gasteiger partial charge in [0.05, 0.1) is 6.61 Å². The summed E-state index contributed by atoms with van der Waals surface area (Å²) in [6, 6.07) is 0. The van der Waals surface area contributed by atoms with E-state index in [0.29, 0.717) is 5.56 Å². The van der Waals surface area contributed by atoms with Crippen LogP contribution in [0.15, 0.2) is 15.8 Å². The molecule has 0 aliphatic carbocycles. The Hall–Kier alpha value is -1.48. The quantitative estimate of drug-likeness (QED) is 0.547. The lowest BCUT2D eigenvalue weighted by atomic mass is 10.1. The van der Waals surface area contributed by atoms with E-state index in [0.717, 1.165) is 9.13 Å². The van der Waals surface area contributed by atoms with Crippen LogP contribution in [-0.2, 0) is 11.8 Å². The van der Waals surface area contributed by atoms with Crippen molar-refractivity contribution in [1.29, 1.82) is 0 Å². The van der Waals surface area contributed by atoms with Crippen LogP contribution >= 0.6 is 0 Å². The number of nitrogens with zero attached hydrogens (tertiary/aromatic N) is 2. The molecule has 4 atom stereocenters. The summed E-state index contributed by atoms with van der Waals surface area (Å²) >= 11 is 0. The maximum atomic E-state index is 12.0. The van der Waals surface area contributed by atoms with E-state index < -0.39 is 42.4 Å². The average Bonchev–Trinajstić information content (AvgIpc) is 2.68. The lowest BCUT2D eigenvalue weighted by Gasteiger charge is -2.18. The monoisotopic (exact) mass is 272 g/mol. The van der Waals surface area contributed by atoms with Crippen LogP contribution in [-0.4, -0.2) is 49.4 Å². The summed E-state index contributed by atoms with van der Waals surface area (Å²) in [5, 5.41) is 28.5. The van der Waals surface area contributed by atoms with Crippen LogP contribution in [0.2, 0.25) is 0 Å². The van der Waals surface area contributed by atoms with Crippen molar-refractivity contribution in [3.05, 3.63) is 32.6 Å². The van der Waals surface area contributed by atoms with Crippen LogP contribution in [0.4, 0.5) is 0 Å². The second-order valence-corrected chi connectivity index (χ2v) is 4.59. The van der Waals surface area contributed by atoms with Crippen molar-refractivity contribution in [3.8, 4) is 0 Å². The Labute approximate surface area is 108 Å². The Bertz CT molecular complexity index is 592. The Morgan fingerprint density at radius 2 is 1.95 bits per heavy atom. The smallest absolute Gasteiger partial charge is 0.332 e. The lowest BCUT2D eigenvalue weighted by Crippen LogP contribution is -2.43. The van der Waals surface area contributed by atoms with E-state index in [1.807, 2.05) is 0 Å². The van der Waals surface area contributed by atoms with Crippen molar-refractivity contribution in [1.82, 2.24) is 9.13 Å². The molecule has 0 aromatic carbocycles. The molecule has 1 fully saturated rings. The third-order valence-electron chi connectivity index (χ3n) is 3.27. The molecule has 8 nitrogen and oxygen atoms in total. The molecule has 0 unspecified atom stereocenters. The van der Waals surface area contributed by atoms with Crippen LogP contribution < -0.4 is 11.2 Å². The topological polar surface area (TPSA) is 114 Å². The summed E-state index contributed by atoms with van der Waals surface area (Å²) in [6.07, 6.45) is -3.48. The van der Waals surface area contributed by atoms with E-state index in [4.69, 9.17) is 9.84 Å². The molecule has 19 heavy (non-hydrogen) atoms. The minimum Gasteiger partial charge on any atom is -0.394 e. The minimum atomic E-state index is -1.35. The zero-order valence-corrected chi connectivity index (χ0v) is 10.6. The van der Waals surface area contributed by atoms with Gasteiger partial charge in [-0.1, -0.05) is 0 Å². The Kier molecular flexibility index (Phi) is 3.59. The van der Waals surface area contributed by atoms with E-state index in [-0.39, 0.29) is 0 Å². The van der Waals surface area contributed by atoms with Gasteiger partial charge in [-0.25, -0.2) is 4.79 Å². The molecule has 0 radical (unpaired) electrons. The highest BCUT2D eigenvalue weighted by atomic mass is 16.6. The molecule has 3 N–H and O–H groups in total. The molecule has 1 aromatic rings. The fraction of sp³-hybridized carbons (Fsp3) is 0.636. The molecule has 1 aromatic heterocycles. The van der Waals surface area contributed by atoms with Crippen LogP contribution in [0.5, 0.6) is 0 Å². The first-order chi connectivity index (χ1) is 8.88. The van der Waals surface area contributed by atoms with Gasteiger partial charge in [-0.05, 0) is 6.92 Å². The maximum Gasteiger partial charge on any atom is 0.332 e. The number of aliphatic hydroxyl groups excluding tert-OH is 3. The molecule has 2 rings (SSSR count). The average molecular weight is 272 g/mol. The molecule has 1 aliphatic heterocycles. The molecular formula is C11H16N2O6. The molecule has 1 saturated heterocycles. The molecule has 0 amide bonds. The lowest BCUT2D eigenvalue weighted by molar-refractivity contribution is -0.0555. The SMILES string of the molecule is Cc1cn([C@@H]2O[C@H](CO)[C@@H](O)[C@H]2O)c(=O)n(C)c1=O. The number of aliphatic hydroxyl groups is 3. The number of aromatic nitrogens is 2. The molecular weight excluding hydrogens is 256 g/mol. The summed E-state index contributed by atoms with van der Waals surface area (Å²) in [7, 11) is 1.31. The van der Waals surface area contributed by atoms with Crippen LogP contribution in [0.25, 0.3) is 0 Å². The highest BCUT2D eigenvalue weighted by Gasteiger charge is 2.43. The van der Waals surface area contributed by atoms with Gasteiger partial charge in [-0.2, -0.15) is 0 Å². The number of ether oxygens (including phenoxy) is 1. The molecule has 0 saturated carbocycles. The van der Waals surface area contributed by atoms with Gasteiger partial charge in [0.15, 0.2) is 6.23 Å². The van der Waals surface area contributed by atoms with Gasteiger partial charge in [-0.3, -0.25) is 13.9 Å². The number of aryl methyl sites for hydroxylation is 1. The van der Waals surface area contributed by atoms with E-state index in [1.54, 1.807) is 0 Å². The third-order valence-corrected chi connectivity index (χ3v) is 3.27. The van der Waals surface area contributed by atoms with Gasteiger partial charge in [0, 0.05) is 18.8 Å². The second-order valence-electron chi connectivity index (χ2n) is 4.59. The molecule has 0 bridgehead atoms. The van der Waals surface area contributed by atoms with Gasteiger partial charge in [0.2, 0.25) is 0 Å². The largest absolute Gasteiger partial charge is 0.394 e. The first-order valence-corrected chi connectivity index (χ1v) is 5.79. The Morgan fingerprint density at radius 3 is 2.47 bits per heavy atom. The van der Waals surface area contributed by atoms with Crippen molar-refractivity contribution < 1.29 is 20.1 Å². The Balaban J connectivity index is 2.50. The van der Waals surface area contributed by atoms with Crippen molar-refractivity contribution in [2.45, 2.75) is 31.5 Å². The van der Waals surface area contributed by atoms with Gasteiger partial charge >= 0.3 is 5.69 Å². The highest BCUT2D eigenvalue weighted by molar-refractivity contribution is 5.04.